The van der Waals surface area contributed by atoms with Crippen molar-refractivity contribution in [3.8, 4) is 11.5 Å². The van der Waals surface area contributed by atoms with Crippen molar-refractivity contribution in [2.75, 3.05) is 33.4 Å². The summed E-state index contributed by atoms with van der Waals surface area (Å²) in [5.41, 5.74) is 0.813. The van der Waals surface area contributed by atoms with Gasteiger partial charge in [-0.3, -0.25) is 4.79 Å². The second kappa shape index (κ2) is 9.30. The lowest BCUT2D eigenvalue weighted by Crippen LogP contribution is -2.44. The Labute approximate surface area is 149 Å². The molecule has 1 aromatic carbocycles. The second-order valence-corrected chi connectivity index (χ2v) is 6.60. The number of benzene rings is 1. The SMILES string of the molecule is CCOc1ccc(/C=N/OCC(=O)N2CC(C)CC(C)C2)cc1OC. The van der Waals surface area contributed by atoms with Gasteiger partial charge in [0, 0.05) is 18.7 Å². The van der Waals surface area contributed by atoms with Gasteiger partial charge in [0.2, 0.25) is 0 Å². The Bertz CT molecular complexity index is 593. The van der Waals surface area contributed by atoms with Crippen LogP contribution in [-0.2, 0) is 9.63 Å². The third-order valence-corrected chi connectivity index (χ3v) is 4.17. The lowest BCUT2D eigenvalue weighted by atomic mass is 9.92. The second-order valence-electron chi connectivity index (χ2n) is 6.60. The van der Waals surface area contributed by atoms with Crippen LogP contribution in [-0.4, -0.2) is 50.4 Å². The van der Waals surface area contributed by atoms with Crippen molar-refractivity contribution < 1.29 is 19.1 Å². The van der Waals surface area contributed by atoms with Gasteiger partial charge >= 0.3 is 0 Å². The molecular formula is C19H28N2O4. The van der Waals surface area contributed by atoms with E-state index in [0.717, 1.165) is 18.7 Å². The summed E-state index contributed by atoms with van der Waals surface area (Å²) in [6, 6.07) is 5.50. The van der Waals surface area contributed by atoms with Crippen LogP contribution in [0.1, 0.15) is 32.8 Å². The average Bonchev–Trinajstić information content (AvgIpc) is 2.59. The van der Waals surface area contributed by atoms with Crippen molar-refractivity contribution in [2.45, 2.75) is 27.2 Å². The Morgan fingerprint density at radius 3 is 2.64 bits per heavy atom. The number of piperidine rings is 1. The Balaban J connectivity index is 1.85. The predicted octanol–water partition coefficient (Wildman–Crippen LogP) is 2.95. The monoisotopic (exact) mass is 348 g/mol. The minimum atomic E-state index is -0.0376. The number of oxime groups is 1. The Morgan fingerprint density at radius 1 is 1.28 bits per heavy atom. The first kappa shape index (κ1) is 19.1. The number of rotatable bonds is 7. The normalized spacial score (nSPS) is 20.6. The van der Waals surface area contributed by atoms with Gasteiger partial charge in [0.15, 0.2) is 18.1 Å². The molecule has 1 heterocycles. The molecule has 1 aliphatic rings. The summed E-state index contributed by atoms with van der Waals surface area (Å²) in [5, 5.41) is 3.90. The lowest BCUT2D eigenvalue weighted by Gasteiger charge is -2.34. The van der Waals surface area contributed by atoms with Gasteiger partial charge in [-0.2, -0.15) is 0 Å². The van der Waals surface area contributed by atoms with Crippen LogP contribution in [0.4, 0.5) is 0 Å². The fraction of sp³-hybridized carbons (Fsp3) is 0.579. The molecule has 0 aliphatic carbocycles. The zero-order chi connectivity index (χ0) is 18.2. The molecule has 1 fully saturated rings. The van der Waals surface area contributed by atoms with Gasteiger partial charge < -0.3 is 19.2 Å². The van der Waals surface area contributed by atoms with E-state index in [0.29, 0.717) is 29.9 Å². The van der Waals surface area contributed by atoms with E-state index in [1.165, 1.54) is 6.42 Å². The summed E-state index contributed by atoms with van der Waals surface area (Å²) in [6.45, 7) is 8.40. The summed E-state index contributed by atoms with van der Waals surface area (Å²) in [5.74, 6) is 2.38. The van der Waals surface area contributed by atoms with Crippen LogP contribution < -0.4 is 9.47 Å². The first-order valence-electron chi connectivity index (χ1n) is 8.77. The number of carbonyl (C=O) groups is 1. The van der Waals surface area contributed by atoms with E-state index in [1.54, 1.807) is 13.3 Å². The molecule has 1 amide bonds. The van der Waals surface area contributed by atoms with E-state index in [2.05, 4.69) is 19.0 Å². The fourth-order valence-corrected chi connectivity index (χ4v) is 3.19. The summed E-state index contributed by atoms with van der Waals surface area (Å²) < 4.78 is 10.8. The van der Waals surface area contributed by atoms with Crippen molar-refractivity contribution >= 4 is 12.1 Å². The Hall–Kier alpha value is -2.24. The zero-order valence-electron chi connectivity index (χ0n) is 15.5. The molecule has 2 rings (SSSR count). The molecule has 1 aromatic rings. The maximum atomic E-state index is 12.2. The van der Waals surface area contributed by atoms with E-state index >= 15 is 0 Å². The first-order chi connectivity index (χ1) is 12.0. The summed E-state index contributed by atoms with van der Waals surface area (Å²) in [6.07, 6.45) is 2.73. The van der Waals surface area contributed by atoms with E-state index < -0.39 is 0 Å². The molecule has 0 saturated carbocycles. The quantitative estimate of drug-likeness (QED) is 0.561. The molecule has 2 atom stereocenters. The van der Waals surface area contributed by atoms with Crippen molar-refractivity contribution in [1.82, 2.24) is 4.90 Å². The fourth-order valence-electron chi connectivity index (χ4n) is 3.19. The van der Waals surface area contributed by atoms with Crippen LogP contribution in [0.2, 0.25) is 0 Å². The number of carbonyl (C=O) groups excluding carboxylic acids is 1. The first-order valence-corrected chi connectivity index (χ1v) is 8.77. The van der Waals surface area contributed by atoms with Crippen molar-refractivity contribution in [3.63, 3.8) is 0 Å². The smallest absolute Gasteiger partial charge is 0.263 e. The Morgan fingerprint density at radius 2 is 2.00 bits per heavy atom. The van der Waals surface area contributed by atoms with Crippen molar-refractivity contribution in [3.05, 3.63) is 23.8 Å². The van der Waals surface area contributed by atoms with Gasteiger partial charge in [-0.1, -0.05) is 19.0 Å². The highest BCUT2D eigenvalue weighted by Crippen LogP contribution is 2.27. The Kier molecular flexibility index (Phi) is 7.10. The van der Waals surface area contributed by atoms with Gasteiger partial charge in [0.1, 0.15) is 0 Å². The van der Waals surface area contributed by atoms with Gasteiger partial charge in [-0.15, -0.1) is 0 Å². The van der Waals surface area contributed by atoms with E-state index in [-0.39, 0.29) is 12.5 Å². The third kappa shape index (κ3) is 5.66. The average molecular weight is 348 g/mol. The molecule has 6 nitrogen and oxygen atoms in total. The standard InChI is InChI=1S/C19H28N2O4/c1-5-24-17-7-6-16(9-18(17)23-4)10-20-25-13-19(22)21-11-14(2)8-15(3)12-21/h6-7,9-10,14-15H,5,8,11-13H2,1-4H3/b20-10+. The van der Waals surface area contributed by atoms with Gasteiger partial charge in [-0.25, -0.2) is 0 Å². The molecule has 138 valence electrons. The number of amides is 1. The molecular weight excluding hydrogens is 320 g/mol. The van der Waals surface area contributed by atoms with Crippen LogP contribution in [0, 0.1) is 11.8 Å². The molecule has 25 heavy (non-hydrogen) atoms. The highest BCUT2D eigenvalue weighted by atomic mass is 16.6. The lowest BCUT2D eigenvalue weighted by molar-refractivity contribution is -0.138. The molecule has 1 aliphatic heterocycles. The van der Waals surface area contributed by atoms with E-state index in [9.17, 15) is 4.79 Å². The number of ether oxygens (including phenoxy) is 2. The van der Waals surface area contributed by atoms with Crippen LogP contribution >= 0.6 is 0 Å². The summed E-state index contributed by atoms with van der Waals surface area (Å²) in [4.78, 5) is 19.3. The van der Waals surface area contributed by atoms with Crippen LogP contribution in [0.15, 0.2) is 23.4 Å². The maximum absolute atomic E-state index is 12.2. The number of likely N-dealkylation sites (tertiary alicyclic amines) is 1. The van der Waals surface area contributed by atoms with Crippen molar-refractivity contribution in [1.29, 1.82) is 0 Å². The molecule has 0 N–H and O–H groups in total. The van der Waals surface area contributed by atoms with Gasteiger partial charge in [0.25, 0.3) is 5.91 Å². The molecule has 6 heteroatoms. The van der Waals surface area contributed by atoms with Crippen LogP contribution in [0.25, 0.3) is 0 Å². The molecule has 0 bridgehead atoms. The minimum absolute atomic E-state index is 0.0141. The van der Waals surface area contributed by atoms with Gasteiger partial charge in [0.05, 0.1) is 19.9 Å². The molecule has 0 aromatic heterocycles. The number of hydrogen-bond donors (Lipinski definition) is 0. The van der Waals surface area contributed by atoms with E-state index in [4.69, 9.17) is 14.3 Å². The number of hydrogen-bond acceptors (Lipinski definition) is 5. The summed E-state index contributed by atoms with van der Waals surface area (Å²) in [7, 11) is 1.59. The number of nitrogens with zero attached hydrogens (tertiary/aromatic N) is 2. The maximum Gasteiger partial charge on any atom is 0.263 e. The largest absolute Gasteiger partial charge is 0.493 e. The van der Waals surface area contributed by atoms with Crippen LogP contribution in [0.3, 0.4) is 0 Å². The topological polar surface area (TPSA) is 60.4 Å². The van der Waals surface area contributed by atoms with Gasteiger partial charge in [-0.05, 0) is 43.4 Å². The minimum Gasteiger partial charge on any atom is -0.493 e. The highest BCUT2D eigenvalue weighted by Gasteiger charge is 2.25. The molecule has 0 radical (unpaired) electrons. The van der Waals surface area contributed by atoms with Crippen LogP contribution in [0.5, 0.6) is 11.5 Å². The zero-order valence-corrected chi connectivity index (χ0v) is 15.5. The van der Waals surface area contributed by atoms with E-state index in [1.807, 2.05) is 30.0 Å². The predicted molar refractivity (Wildman–Crippen MR) is 97.2 cm³/mol. The molecule has 2 unspecified atom stereocenters. The molecule has 1 saturated heterocycles. The van der Waals surface area contributed by atoms with Crippen molar-refractivity contribution in [2.24, 2.45) is 17.0 Å². The number of methoxy groups -OCH3 is 1. The highest BCUT2D eigenvalue weighted by molar-refractivity contribution is 5.81. The molecule has 0 spiro atoms. The third-order valence-electron chi connectivity index (χ3n) is 4.17. The summed E-state index contributed by atoms with van der Waals surface area (Å²) >= 11 is 0.